The van der Waals surface area contributed by atoms with Crippen molar-refractivity contribution >= 4 is 21.8 Å². The van der Waals surface area contributed by atoms with Crippen molar-refractivity contribution in [2.45, 2.75) is 6.92 Å². The van der Waals surface area contributed by atoms with Gasteiger partial charge in [-0.15, -0.1) is 0 Å². The highest BCUT2D eigenvalue weighted by Crippen LogP contribution is 2.15. The lowest BCUT2D eigenvalue weighted by Crippen LogP contribution is -2.32. The van der Waals surface area contributed by atoms with Gasteiger partial charge in [-0.1, -0.05) is 0 Å². The van der Waals surface area contributed by atoms with Crippen LogP contribution in [0.25, 0.3) is 0 Å². The van der Waals surface area contributed by atoms with Crippen LogP contribution in [0, 0.1) is 0 Å². The molecule has 0 fully saturated rings. The summed E-state index contributed by atoms with van der Waals surface area (Å²) >= 11 is 3.25. The molecule has 0 amide bonds. The first-order valence-electron chi connectivity index (χ1n) is 3.49. The first kappa shape index (κ1) is 9.12. The molecular formula is C7H11BrN4. The molecule has 0 saturated heterocycles. The van der Waals surface area contributed by atoms with Crippen molar-refractivity contribution in [1.82, 2.24) is 4.90 Å². The lowest BCUT2D eigenvalue weighted by atomic mass is 10.4. The van der Waals surface area contributed by atoms with Crippen LogP contribution in [0.5, 0.6) is 0 Å². The second-order valence-electron chi connectivity index (χ2n) is 2.49. The maximum absolute atomic E-state index is 5.58. The van der Waals surface area contributed by atoms with E-state index < -0.39 is 0 Å². The van der Waals surface area contributed by atoms with Gasteiger partial charge in [-0.25, -0.2) is 4.99 Å². The predicted molar refractivity (Wildman–Crippen MR) is 53.3 cm³/mol. The Morgan fingerprint density at radius 3 is 3.00 bits per heavy atom. The third kappa shape index (κ3) is 2.01. The van der Waals surface area contributed by atoms with Gasteiger partial charge < -0.3 is 16.4 Å². The number of hydrogen-bond donors (Lipinski definition) is 2. The molecule has 0 unspecified atom stereocenters. The second-order valence-corrected chi connectivity index (χ2v) is 3.30. The Kier molecular flexibility index (Phi) is 2.75. The zero-order chi connectivity index (χ0) is 9.14. The monoisotopic (exact) mass is 230 g/mol. The van der Waals surface area contributed by atoms with Crippen LogP contribution in [0.15, 0.2) is 27.7 Å². The molecule has 1 rings (SSSR count). The SMILES string of the molecule is C/C(=C/N)N1C=C(Br)N=C(N)C1. The molecule has 4 nitrogen and oxygen atoms in total. The summed E-state index contributed by atoms with van der Waals surface area (Å²) in [6, 6.07) is 0. The van der Waals surface area contributed by atoms with Gasteiger partial charge in [0, 0.05) is 18.1 Å². The van der Waals surface area contributed by atoms with Crippen molar-refractivity contribution in [2.24, 2.45) is 16.5 Å². The van der Waals surface area contributed by atoms with Gasteiger partial charge in [0.1, 0.15) is 10.4 Å². The molecule has 0 spiro atoms. The first-order valence-corrected chi connectivity index (χ1v) is 4.28. The van der Waals surface area contributed by atoms with E-state index >= 15 is 0 Å². The van der Waals surface area contributed by atoms with E-state index in [2.05, 4.69) is 20.9 Å². The molecule has 66 valence electrons. The van der Waals surface area contributed by atoms with Gasteiger partial charge in [0.2, 0.25) is 0 Å². The average molecular weight is 231 g/mol. The minimum atomic E-state index is 0.575. The van der Waals surface area contributed by atoms with Crippen molar-refractivity contribution in [3.05, 3.63) is 22.7 Å². The molecule has 1 aliphatic heterocycles. The third-order valence-corrected chi connectivity index (χ3v) is 1.92. The number of allylic oxidation sites excluding steroid dienone is 1. The Hall–Kier alpha value is -0.970. The summed E-state index contributed by atoms with van der Waals surface area (Å²) in [5.41, 5.74) is 11.9. The number of rotatable bonds is 1. The molecule has 0 bridgehead atoms. The van der Waals surface area contributed by atoms with E-state index in [0.717, 1.165) is 5.70 Å². The van der Waals surface area contributed by atoms with E-state index in [-0.39, 0.29) is 0 Å². The van der Waals surface area contributed by atoms with Crippen LogP contribution in [-0.4, -0.2) is 17.3 Å². The van der Waals surface area contributed by atoms with Gasteiger partial charge in [0.15, 0.2) is 0 Å². The van der Waals surface area contributed by atoms with E-state index in [9.17, 15) is 0 Å². The molecule has 1 heterocycles. The Morgan fingerprint density at radius 2 is 2.50 bits per heavy atom. The Bertz CT molecular complexity index is 267. The van der Waals surface area contributed by atoms with E-state index in [1.165, 1.54) is 6.20 Å². The lowest BCUT2D eigenvalue weighted by Gasteiger charge is -2.23. The number of aliphatic imine (C=N–C) groups is 1. The van der Waals surface area contributed by atoms with Crippen molar-refractivity contribution in [1.29, 1.82) is 0 Å². The zero-order valence-electron chi connectivity index (χ0n) is 6.79. The normalized spacial score (nSPS) is 18.8. The van der Waals surface area contributed by atoms with E-state index in [4.69, 9.17) is 11.5 Å². The number of halogens is 1. The van der Waals surface area contributed by atoms with Crippen molar-refractivity contribution < 1.29 is 0 Å². The number of amidine groups is 1. The van der Waals surface area contributed by atoms with Crippen LogP contribution in [0.1, 0.15) is 6.92 Å². The second kappa shape index (κ2) is 3.62. The molecule has 0 aliphatic carbocycles. The Labute approximate surface area is 79.7 Å². The summed E-state index contributed by atoms with van der Waals surface area (Å²) in [5, 5.41) is 0. The predicted octanol–water partition coefficient (Wildman–Crippen LogP) is 0.673. The molecule has 0 aromatic carbocycles. The molecule has 0 atom stereocenters. The molecule has 5 heteroatoms. The van der Waals surface area contributed by atoms with Gasteiger partial charge in [0.25, 0.3) is 0 Å². The fraction of sp³-hybridized carbons (Fsp3) is 0.286. The molecule has 12 heavy (non-hydrogen) atoms. The molecular weight excluding hydrogens is 220 g/mol. The molecule has 4 N–H and O–H groups in total. The fourth-order valence-corrected chi connectivity index (χ4v) is 1.35. The fourth-order valence-electron chi connectivity index (χ4n) is 0.872. The van der Waals surface area contributed by atoms with Crippen molar-refractivity contribution in [3.8, 4) is 0 Å². The summed E-state index contributed by atoms with van der Waals surface area (Å²) in [7, 11) is 0. The molecule has 1 aliphatic rings. The Morgan fingerprint density at radius 1 is 1.83 bits per heavy atom. The highest BCUT2D eigenvalue weighted by Gasteiger charge is 2.10. The van der Waals surface area contributed by atoms with E-state index in [1.807, 2.05) is 18.0 Å². The van der Waals surface area contributed by atoms with Gasteiger partial charge in [-0.3, -0.25) is 0 Å². The number of nitrogens with zero attached hydrogens (tertiary/aromatic N) is 2. The van der Waals surface area contributed by atoms with Gasteiger partial charge >= 0.3 is 0 Å². The summed E-state index contributed by atoms with van der Waals surface area (Å²) in [5.74, 6) is 0.575. The summed E-state index contributed by atoms with van der Waals surface area (Å²) in [6.45, 7) is 2.50. The minimum Gasteiger partial charge on any atom is -0.403 e. The minimum absolute atomic E-state index is 0.575. The summed E-state index contributed by atoms with van der Waals surface area (Å²) < 4.78 is 0.715. The van der Waals surface area contributed by atoms with Crippen LogP contribution in [0.3, 0.4) is 0 Å². The lowest BCUT2D eigenvalue weighted by molar-refractivity contribution is 0.519. The smallest absolute Gasteiger partial charge is 0.124 e. The number of nitrogens with two attached hydrogens (primary N) is 2. The van der Waals surface area contributed by atoms with Crippen molar-refractivity contribution in [2.75, 3.05) is 6.54 Å². The van der Waals surface area contributed by atoms with Gasteiger partial charge in [-0.05, 0) is 22.9 Å². The van der Waals surface area contributed by atoms with Gasteiger partial charge in [-0.2, -0.15) is 0 Å². The van der Waals surface area contributed by atoms with Crippen LogP contribution >= 0.6 is 15.9 Å². The van der Waals surface area contributed by atoms with E-state index in [1.54, 1.807) is 0 Å². The largest absolute Gasteiger partial charge is 0.403 e. The average Bonchev–Trinajstić information content (AvgIpc) is 2.01. The number of hydrogen-bond acceptors (Lipinski definition) is 4. The quantitative estimate of drug-likeness (QED) is 0.652. The molecule has 0 radical (unpaired) electrons. The molecule has 0 aromatic rings. The summed E-state index contributed by atoms with van der Waals surface area (Å²) in [4.78, 5) is 5.94. The Balaban J connectivity index is 2.81. The maximum atomic E-state index is 5.58. The first-order chi connectivity index (χ1) is 5.63. The standard InChI is InChI=1S/C7H11BrN4/c1-5(2-9)12-3-6(8)11-7(10)4-12/h2-3H,4,9H2,1H3,(H2,10,11)/b5-2-. The summed E-state index contributed by atoms with van der Waals surface area (Å²) in [6.07, 6.45) is 3.38. The highest BCUT2D eigenvalue weighted by atomic mass is 79.9. The topological polar surface area (TPSA) is 67.6 Å². The molecule has 0 saturated carbocycles. The third-order valence-electron chi connectivity index (χ3n) is 1.54. The van der Waals surface area contributed by atoms with Crippen LogP contribution < -0.4 is 11.5 Å². The van der Waals surface area contributed by atoms with Gasteiger partial charge in [0.05, 0.1) is 6.54 Å². The zero-order valence-corrected chi connectivity index (χ0v) is 8.37. The van der Waals surface area contributed by atoms with Crippen molar-refractivity contribution in [3.63, 3.8) is 0 Å². The molecule has 0 aromatic heterocycles. The maximum Gasteiger partial charge on any atom is 0.124 e. The van der Waals surface area contributed by atoms with Crippen LogP contribution in [-0.2, 0) is 0 Å². The van der Waals surface area contributed by atoms with Crippen LogP contribution in [0.4, 0.5) is 0 Å². The van der Waals surface area contributed by atoms with Crippen LogP contribution in [0.2, 0.25) is 0 Å². The highest BCUT2D eigenvalue weighted by molar-refractivity contribution is 9.11. The van der Waals surface area contributed by atoms with E-state index in [0.29, 0.717) is 17.0 Å².